The molecule has 1 unspecified atom stereocenters. The standard InChI is InChI=1S/C50H36N4O2/c1-49-28-50(25-33(49)19-20-34(49)26-50)41-11-6-10-39-38-22-18-32(24-44(38)56-45(39)41)47-52-46(31-17-21-37-36-8-4-5-12-42(36)55-43(37)23-31)53-48(54-47)40-9-3-2-7-35(40)30-15-13-29(27-51)14-16-30/h2-18,21-24,33-34H,19-20,25-26,28H2,1H3/t33-,34+,49-,50?. The van der Waals surface area contributed by atoms with Gasteiger partial charge in [0.05, 0.1) is 11.6 Å². The van der Waals surface area contributed by atoms with Gasteiger partial charge in [-0.2, -0.15) is 5.26 Å². The second-order valence-corrected chi connectivity index (χ2v) is 16.7. The molecule has 268 valence electrons. The lowest BCUT2D eigenvalue weighted by molar-refractivity contribution is 0.195. The Kier molecular flexibility index (Phi) is 6.50. The van der Waals surface area contributed by atoms with Crippen LogP contribution < -0.4 is 0 Å². The van der Waals surface area contributed by atoms with Gasteiger partial charge in [-0.25, -0.2) is 15.0 Å². The first-order valence-electron chi connectivity index (χ1n) is 19.7. The quantitative estimate of drug-likeness (QED) is 0.176. The zero-order chi connectivity index (χ0) is 37.2. The van der Waals surface area contributed by atoms with E-state index in [1.165, 1.54) is 43.1 Å². The second-order valence-electron chi connectivity index (χ2n) is 16.7. The monoisotopic (exact) mass is 724 g/mol. The molecule has 6 aromatic carbocycles. The van der Waals surface area contributed by atoms with Crippen molar-refractivity contribution < 1.29 is 8.83 Å². The minimum atomic E-state index is 0.206. The van der Waals surface area contributed by atoms with Crippen LogP contribution in [0.15, 0.2) is 136 Å². The van der Waals surface area contributed by atoms with Gasteiger partial charge >= 0.3 is 0 Å². The Morgan fingerprint density at radius 1 is 0.571 bits per heavy atom. The zero-order valence-corrected chi connectivity index (χ0v) is 30.9. The van der Waals surface area contributed by atoms with Crippen molar-refractivity contribution in [2.75, 3.05) is 0 Å². The summed E-state index contributed by atoms with van der Waals surface area (Å²) in [4.78, 5) is 15.5. The number of fused-ring (bicyclic) bond motifs is 7. The van der Waals surface area contributed by atoms with E-state index in [-0.39, 0.29) is 5.41 Å². The maximum absolute atomic E-state index is 9.45. The van der Waals surface area contributed by atoms with Crippen LogP contribution in [0.2, 0.25) is 0 Å². The maximum Gasteiger partial charge on any atom is 0.164 e. The number of rotatable bonds is 5. The summed E-state index contributed by atoms with van der Waals surface area (Å²) in [6, 6.07) is 45.5. The molecule has 3 aliphatic carbocycles. The molecule has 0 aliphatic heterocycles. The molecule has 6 heteroatoms. The van der Waals surface area contributed by atoms with Crippen LogP contribution in [-0.4, -0.2) is 15.0 Å². The van der Waals surface area contributed by atoms with Gasteiger partial charge in [-0.3, -0.25) is 0 Å². The van der Waals surface area contributed by atoms with Crippen molar-refractivity contribution in [3.63, 3.8) is 0 Å². The SMILES string of the molecule is C[C@@]12CC3(c4cccc5c4oc4cc(-c6nc(-c7ccc8c(c7)oc7ccccc78)nc(-c7ccccc7-c7ccc(C#N)cc7)n6)ccc45)C[C@H]1CC[C@H]2C3. The Labute approximate surface area is 323 Å². The largest absolute Gasteiger partial charge is 0.456 e. The lowest BCUT2D eigenvalue weighted by Gasteiger charge is -2.32. The molecule has 3 aromatic heterocycles. The summed E-state index contributed by atoms with van der Waals surface area (Å²) in [6.07, 6.45) is 6.59. The topological polar surface area (TPSA) is 88.7 Å². The summed E-state index contributed by atoms with van der Waals surface area (Å²) in [5.74, 6) is 3.32. The summed E-state index contributed by atoms with van der Waals surface area (Å²) in [7, 11) is 0. The number of para-hydroxylation sites is 2. The molecule has 0 amide bonds. The van der Waals surface area contributed by atoms with E-state index in [1.54, 1.807) is 0 Å². The fourth-order valence-corrected chi connectivity index (χ4v) is 11.2. The Bertz CT molecular complexity index is 3110. The minimum absolute atomic E-state index is 0.206. The van der Waals surface area contributed by atoms with Gasteiger partial charge in [0.2, 0.25) is 0 Å². The highest BCUT2D eigenvalue weighted by molar-refractivity contribution is 6.07. The molecule has 0 radical (unpaired) electrons. The van der Waals surface area contributed by atoms with E-state index < -0.39 is 0 Å². The number of hydrogen-bond acceptors (Lipinski definition) is 6. The van der Waals surface area contributed by atoms with Crippen LogP contribution in [0.5, 0.6) is 0 Å². The smallest absolute Gasteiger partial charge is 0.164 e. The first kappa shape index (κ1) is 31.7. The first-order valence-corrected chi connectivity index (χ1v) is 19.7. The third-order valence-corrected chi connectivity index (χ3v) is 13.8. The number of nitriles is 1. The Hall–Kier alpha value is -6.58. The van der Waals surface area contributed by atoms with Crippen molar-refractivity contribution in [2.24, 2.45) is 17.3 Å². The van der Waals surface area contributed by atoms with Crippen molar-refractivity contribution in [3.05, 3.63) is 139 Å². The molecule has 3 heterocycles. The molecule has 0 N–H and O–H groups in total. The predicted molar refractivity (Wildman–Crippen MR) is 221 cm³/mol. The highest BCUT2D eigenvalue weighted by Gasteiger charge is 2.65. The highest BCUT2D eigenvalue weighted by Crippen LogP contribution is 2.73. The van der Waals surface area contributed by atoms with Gasteiger partial charge in [0, 0.05) is 49.2 Å². The van der Waals surface area contributed by atoms with Crippen LogP contribution in [0, 0.1) is 28.6 Å². The van der Waals surface area contributed by atoms with Crippen LogP contribution >= 0.6 is 0 Å². The van der Waals surface area contributed by atoms with Crippen molar-refractivity contribution in [2.45, 2.75) is 44.4 Å². The van der Waals surface area contributed by atoms with Gasteiger partial charge in [0.25, 0.3) is 0 Å². The summed E-state index contributed by atoms with van der Waals surface area (Å²) < 4.78 is 13.2. The molecule has 0 saturated heterocycles. The van der Waals surface area contributed by atoms with Crippen LogP contribution in [0.4, 0.5) is 0 Å². The summed E-state index contributed by atoms with van der Waals surface area (Å²) in [5, 5.41) is 13.9. The number of furan rings is 2. The average Bonchev–Trinajstić information content (AvgIpc) is 3.99. The molecule has 3 saturated carbocycles. The van der Waals surface area contributed by atoms with Gasteiger partial charge in [-0.05, 0) is 103 Å². The molecule has 2 bridgehead atoms. The van der Waals surface area contributed by atoms with E-state index in [9.17, 15) is 5.26 Å². The molecule has 3 aliphatic rings. The van der Waals surface area contributed by atoms with E-state index in [0.717, 1.165) is 78.1 Å². The third kappa shape index (κ3) is 4.52. The molecule has 12 rings (SSSR count). The molecule has 9 aromatic rings. The summed E-state index contributed by atoms with van der Waals surface area (Å²) >= 11 is 0. The van der Waals surface area contributed by atoms with Gasteiger partial charge in [-0.1, -0.05) is 91.9 Å². The average molecular weight is 725 g/mol. The van der Waals surface area contributed by atoms with Crippen molar-refractivity contribution in [1.29, 1.82) is 5.26 Å². The van der Waals surface area contributed by atoms with Crippen molar-refractivity contribution in [1.82, 2.24) is 15.0 Å². The fraction of sp³-hybridized carbons (Fsp3) is 0.200. The van der Waals surface area contributed by atoms with Crippen LogP contribution in [-0.2, 0) is 5.41 Å². The highest BCUT2D eigenvalue weighted by atomic mass is 16.3. The molecule has 4 atom stereocenters. The van der Waals surface area contributed by atoms with Gasteiger partial charge in [-0.15, -0.1) is 0 Å². The second kappa shape index (κ2) is 11.5. The van der Waals surface area contributed by atoms with Crippen LogP contribution in [0.3, 0.4) is 0 Å². The van der Waals surface area contributed by atoms with Crippen LogP contribution in [0.1, 0.15) is 50.2 Å². The van der Waals surface area contributed by atoms with Crippen LogP contribution in [0.25, 0.3) is 89.2 Å². The molecular formula is C50H36N4O2. The van der Waals surface area contributed by atoms with Gasteiger partial charge in [0.1, 0.15) is 22.3 Å². The number of benzene rings is 6. The Balaban J connectivity index is 1.02. The molecule has 6 nitrogen and oxygen atoms in total. The fourth-order valence-electron chi connectivity index (χ4n) is 11.2. The van der Waals surface area contributed by atoms with E-state index in [4.69, 9.17) is 23.8 Å². The third-order valence-electron chi connectivity index (χ3n) is 13.8. The number of hydrogen-bond donors (Lipinski definition) is 0. The number of nitrogens with zero attached hydrogens (tertiary/aromatic N) is 4. The molecule has 56 heavy (non-hydrogen) atoms. The zero-order valence-electron chi connectivity index (χ0n) is 30.9. The number of aromatic nitrogens is 3. The molecule has 0 spiro atoms. The normalized spacial score (nSPS) is 22.5. The molecule has 3 fully saturated rings. The summed E-state index contributed by atoms with van der Waals surface area (Å²) in [6.45, 7) is 2.56. The maximum atomic E-state index is 9.45. The summed E-state index contributed by atoms with van der Waals surface area (Å²) in [5.41, 5.74) is 10.7. The first-order chi connectivity index (χ1) is 27.5. The predicted octanol–water partition coefficient (Wildman–Crippen LogP) is 12.7. The lowest BCUT2D eigenvalue weighted by Crippen LogP contribution is -2.26. The van der Waals surface area contributed by atoms with Gasteiger partial charge in [0.15, 0.2) is 17.5 Å². The van der Waals surface area contributed by atoms with Crippen molar-refractivity contribution in [3.8, 4) is 51.4 Å². The lowest BCUT2D eigenvalue weighted by atomic mass is 9.72. The van der Waals surface area contributed by atoms with Gasteiger partial charge < -0.3 is 8.83 Å². The Morgan fingerprint density at radius 3 is 1.88 bits per heavy atom. The van der Waals surface area contributed by atoms with E-state index in [2.05, 4.69) is 73.7 Å². The van der Waals surface area contributed by atoms with Crippen molar-refractivity contribution >= 4 is 43.9 Å². The molecular weight excluding hydrogens is 689 g/mol. The van der Waals surface area contributed by atoms with E-state index >= 15 is 0 Å². The minimum Gasteiger partial charge on any atom is -0.456 e. The van der Waals surface area contributed by atoms with E-state index in [1.807, 2.05) is 66.7 Å². The van der Waals surface area contributed by atoms with E-state index in [0.29, 0.717) is 28.5 Å². The Morgan fingerprint density at radius 2 is 1.16 bits per heavy atom.